The van der Waals surface area contributed by atoms with Crippen LogP contribution in [0.5, 0.6) is 0 Å². The van der Waals surface area contributed by atoms with E-state index in [-0.39, 0.29) is 12.6 Å². The molecule has 1 aliphatic rings. The Bertz CT molecular complexity index is 327. The molecule has 3 nitrogen and oxygen atoms in total. The minimum Gasteiger partial charge on any atom is -0.395 e. The van der Waals surface area contributed by atoms with E-state index in [1.54, 1.807) is 0 Å². The minimum absolute atomic E-state index is 0.190. The van der Waals surface area contributed by atoms with Gasteiger partial charge in [-0.1, -0.05) is 24.3 Å². The van der Waals surface area contributed by atoms with E-state index in [4.69, 9.17) is 9.84 Å². The van der Waals surface area contributed by atoms with E-state index < -0.39 is 0 Å². The first kappa shape index (κ1) is 10.6. The lowest BCUT2D eigenvalue weighted by Crippen LogP contribution is -2.33. The van der Waals surface area contributed by atoms with Gasteiger partial charge >= 0.3 is 0 Å². The lowest BCUT2D eigenvalue weighted by molar-refractivity contribution is 0.0366. The Morgan fingerprint density at radius 1 is 1.47 bits per heavy atom. The molecule has 0 radical (unpaired) electrons. The first-order chi connectivity index (χ1) is 7.33. The molecule has 1 heterocycles. The van der Waals surface area contributed by atoms with E-state index in [9.17, 15) is 0 Å². The largest absolute Gasteiger partial charge is 0.395 e. The van der Waals surface area contributed by atoms with E-state index in [0.29, 0.717) is 19.8 Å². The summed E-state index contributed by atoms with van der Waals surface area (Å²) in [6, 6.07) is 8.63. The maximum absolute atomic E-state index is 8.93. The molecule has 1 aliphatic heterocycles. The summed E-state index contributed by atoms with van der Waals surface area (Å²) in [4.78, 5) is 2.14. The Morgan fingerprint density at radius 3 is 3.07 bits per heavy atom. The third-order valence-corrected chi connectivity index (χ3v) is 2.93. The van der Waals surface area contributed by atoms with Crippen molar-refractivity contribution in [2.75, 3.05) is 26.8 Å². The van der Waals surface area contributed by atoms with Gasteiger partial charge in [0, 0.05) is 6.54 Å². The van der Waals surface area contributed by atoms with Crippen molar-refractivity contribution in [2.45, 2.75) is 12.6 Å². The Labute approximate surface area is 90.3 Å². The van der Waals surface area contributed by atoms with Crippen molar-refractivity contribution in [2.24, 2.45) is 0 Å². The fourth-order valence-corrected chi connectivity index (χ4v) is 2.04. The molecular formula is C12H17NO2. The monoisotopic (exact) mass is 207 g/mol. The van der Waals surface area contributed by atoms with Gasteiger partial charge in [-0.25, -0.2) is 0 Å². The standard InChI is InChI=1S/C12H17NO2/c1-13(6-7-14)12-9-15-8-10-4-2-3-5-11(10)12/h2-5,12,14H,6-9H2,1H3. The van der Waals surface area contributed by atoms with Crippen molar-refractivity contribution in [3.8, 4) is 0 Å². The summed E-state index contributed by atoms with van der Waals surface area (Å²) >= 11 is 0. The van der Waals surface area contributed by atoms with Gasteiger partial charge < -0.3 is 9.84 Å². The van der Waals surface area contributed by atoms with Crippen molar-refractivity contribution >= 4 is 0 Å². The molecule has 0 bridgehead atoms. The normalized spacial score (nSPS) is 20.3. The Hall–Kier alpha value is -0.900. The van der Waals surface area contributed by atoms with Crippen LogP contribution in [0, 0.1) is 0 Å². The predicted octanol–water partition coefficient (Wildman–Crippen LogP) is 1.18. The van der Waals surface area contributed by atoms with E-state index >= 15 is 0 Å². The molecule has 0 saturated carbocycles. The summed E-state index contributed by atoms with van der Waals surface area (Å²) in [6.45, 7) is 2.30. The molecule has 15 heavy (non-hydrogen) atoms. The Morgan fingerprint density at radius 2 is 2.27 bits per heavy atom. The zero-order chi connectivity index (χ0) is 10.7. The minimum atomic E-state index is 0.190. The number of rotatable bonds is 3. The second-order valence-electron chi connectivity index (χ2n) is 3.93. The number of aliphatic hydroxyl groups is 1. The maximum atomic E-state index is 8.93. The molecule has 1 N–H and O–H groups in total. The van der Waals surface area contributed by atoms with Crippen molar-refractivity contribution in [3.05, 3.63) is 35.4 Å². The zero-order valence-electron chi connectivity index (χ0n) is 9.02. The lowest BCUT2D eigenvalue weighted by Gasteiger charge is -2.32. The van der Waals surface area contributed by atoms with Gasteiger partial charge in [0.1, 0.15) is 0 Å². The topological polar surface area (TPSA) is 32.7 Å². The molecule has 0 saturated heterocycles. The van der Waals surface area contributed by atoms with Crippen LogP contribution in [-0.2, 0) is 11.3 Å². The van der Waals surface area contributed by atoms with Crippen LogP contribution < -0.4 is 0 Å². The molecule has 82 valence electrons. The molecule has 0 spiro atoms. The Balaban J connectivity index is 2.21. The number of nitrogens with zero attached hydrogens (tertiary/aromatic N) is 1. The van der Waals surface area contributed by atoms with Gasteiger partial charge in [0.05, 0.1) is 25.9 Å². The van der Waals surface area contributed by atoms with Crippen molar-refractivity contribution in [1.29, 1.82) is 0 Å². The van der Waals surface area contributed by atoms with Crippen LogP contribution in [-0.4, -0.2) is 36.8 Å². The van der Waals surface area contributed by atoms with Crippen LogP contribution in [0.3, 0.4) is 0 Å². The molecule has 0 fully saturated rings. The number of hydrogen-bond acceptors (Lipinski definition) is 3. The highest BCUT2D eigenvalue weighted by molar-refractivity contribution is 5.31. The molecule has 2 rings (SSSR count). The number of fused-ring (bicyclic) bond motifs is 1. The van der Waals surface area contributed by atoms with Gasteiger partial charge in [0.25, 0.3) is 0 Å². The molecule has 1 aromatic rings. The number of likely N-dealkylation sites (N-methyl/N-ethyl adjacent to an activating group) is 1. The summed E-state index contributed by atoms with van der Waals surface area (Å²) in [5.74, 6) is 0. The van der Waals surface area contributed by atoms with Crippen molar-refractivity contribution < 1.29 is 9.84 Å². The number of ether oxygens (including phenoxy) is 1. The molecule has 1 aromatic carbocycles. The number of hydrogen-bond donors (Lipinski definition) is 1. The van der Waals surface area contributed by atoms with E-state index in [1.165, 1.54) is 11.1 Å². The van der Waals surface area contributed by atoms with E-state index in [2.05, 4.69) is 23.1 Å². The van der Waals surface area contributed by atoms with Crippen LogP contribution in [0.1, 0.15) is 17.2 Å². The van der Waals surface area contributed by atoms with E-state index in [1.807, 2.05) is 13.1 Å². The van der Waals surface area contributed by atoms with Crippen molar-refractivity contribution in [3.63, 3.8) is 0 Å². The van der Waals surface area contributed by atoms with Crippen molar-refractivity contribution in [1.82, 2.24) is 4.90 Å². The maximum Gasteiger partial charge on any atom is 0.0721 e. The number of aliphatic hydroxyl groups excluding tert-OH is 1. The second-order valence-corrected chi connectivity index (χ2v) is 3.93. The quantitative estimate of drug-likeness (QED) is 0.808. The van der Waals surface area contributed by atoms with Crippen LogP contribution in [0.4, 0.5) is 0 Å². The highest BCUT2D eigenvalue weighted by Gasteiger charge is 2.23. The third-order valence-electron chi connectivity index (χ3n) is 2.93. The van der Waals surface area contributed by atoms with Gasteiger partial charge in [-0.3, -0.25) is 4.90 Å². The van der Waals surface area contributed by atoms with Gasteiger partial charge in [-0.2, -0.15) is 0 Å². The summed E-state index contributed by atoms with van der Waals surface area (Å²) < 4.78 is 5.55. The van der Waals surface area contributed by atoms with Crippen LogP contribution in [0.2, 0.25) is 0 Å². The van der Waals surface area contributed by atoms with Gasteiger partial charge in [0.15, 0.2) is 0 Å². The molecule has 0 aromatic heterocycles. The van der Waals surface area contributed by atoms with E-state index in [0.717, 1.165) is 0 Å². The van der Waals surface area contributed by atoms with Gasteiger partial charge in [-0.05, 0) is 18.2 Å². The third kappa shape index (κ3) is 2.20. The SMILES string of the molecule is CN(CCO)C1COCc2ccccc21. The molecule has 0 amide bonds. The zero-order valence-corrected chi connectivity index (χ0v) is 9.02. The highest BCUT2D eigenvalue weighted by atomic mass is 16.5. The average Bonchev–Trinajstić information content (AvgIpc) is 2.28. The fraction of sp³-hybridized carbons (Fsp3) is 0.500. The van der Waals surface area contributed by atoms with Gasteiger partial charge in [-0.15, -0.1) is 0 Å². The van der Waals surface area contributed by atoms with Gasteiger partial charge in [0.2, 0.25) is 0 Å². The predicted molar refractivity (Wildman–Crippen MR) is 58.6 cm³/mol. The van der Waals surface area contributed by atoms with Crippen LogP contribution in [0.15, 0.2) is 24.3 Å². The second kappa shape index (κ2) is 4.75. The molecule has 3 heteroatoms. The van der Waals surface area contributed by atoms with Crippen LogP contribution >= 0.6 is 0 Å². The summed E-state index contributed by atoms with van der Waals surface area (Å²) in [6.07, 6.45) is 0. The smallest absolute Gasteiger partial charge is 0.0721 e. The lowest BCUT2D eigenvalue weighted by atomic mass is 9.98. The first-order valence-corrected chi connectivity index (χ1v) is 5.29. The summed E-state index contributed by atoms with van der Waals surface area (Å²) in [5.41, 5.74) is 2.60. The average molecular weight is 207 g/mol. The summed E-state index contributed by atoms with van der Waals surface area (Å²) in [7, 11) is 2.02. The number of benzene rings is 1. The Kier molecular flexibility index (Phi) is 3.36. The molecule has 1 unspecified atom stereocenters. The first-order valence-electron chi connectivity index (χ1n) is 5.29. The molecular weight excluding hydrogens is 190 g/mol. The summed E-state index contributed by atoms with van der Waals surface area (Å²) in [5, 5.41) is 8.93. The fourth-order valence-electron chi connectivity index (χ4n) is 2.04. The molecule has 1 atom stereocenters. The molecule has 0 aliphatic carbocycles. The van der Waals surface area contributed by atoms with Crippen LogP contribution in [0.25, 0.3) is 0 Å². The highest BCUT2D eigenvalue weighted by Crippen LogP contribution is 2.28.